The molecule has 0 aliphatic rings. The second-order valence-corrected chi connectivity index (χ2v) is 23.4. The average molecular weight is 1130 g/mol. The van der Waals surface area contributed by atoms with Crippen molar-refractivity contribution >= 4 is 17.9 Å². The molecule has 81 heavy (non-hydrogen) atoms. The van der Waals surface area contributed by atoms with Gasteiger partial charge in [-0.1, -0.05) is 298 Å². The fourth-order valence-corrected chi connectivity index (χ4v) is 10.0. The normalized spacial score (nSPS) is 12.6. The van der Waals surface area contributed by atoms with Crippen molar-refractivity contribution in [3.63, 3.8) is 0 Å². The van der Waals surface area contributed by atoms with Gasteiger partial charge in [-0.2, -0.15) is 0 Å². The topological polar surface area (TPSA) is 78.9 Å². The summed E-state index contributed by atoms with van der Waals surface area (Å²) >= 11 is 0. The van der Waals surface area contributed by atoms with Crippen molar-refractivity contribution < 1.29 is 28.6 Å². The monoisotopic (exact) mass is 1130 g/mol. The first-order chi connectivity index (χ1) is 40.0. The van der Waals surface area contributed by atoms with Gasteiger partial charge in [0.15, 0.2) is 6.10 Å². The SMILES string of the molecule is CCCCCC/C=C\CCCCCCCC(=O)OCC(COC(=O)CCCCCCCCCCCCCCCC/C=C\C/C=C\C/C=C\CCCCCCC)OC(=O)CCCCCCCC/C=C\C/C=C\C/C=C\CCCCCCC. The van der Waals surface area contributed by atoms with Crippen molar-refractivity contribution in [1.29, 1.82) is 0 Å². The van der Waals surface area contributed by atoms with Crippen LogP contribution in [0.4, 0.5) is 0 Å². The van der Waals surface area contributed by atoms with Crippen molar-refractivity contribution in [3.05, 3.63) is 85.1 Å². The van der Waals surface area contributed by atoms with Crippen molar-refractivity contribution in [2.24, 2.45) is 0 Å². The minimum absolute atomic E-state index is 0.0830. The minimum Gasteiger partial charge on any atom is -0.462 e. The largest absolute Gasteiger partial charge is 0.462 e. The van der Waals surface area contributed by atoms with E-state index in [0.717, 1.165) is 103 Å². The molecule has 0 aromatic rings. The van der Waals surface area contributed by atoms with E-state index >= 15 is 0 Å². The summed E-state index contributed by atoms with van der Waals surface area (Å²) in [7, 11) is 0. The molecule has 0 heterocycles. The molecule has 468 valence electrons. The van der Waals surface area contributed by atoms with E-state index in [4.69, 9.17) is 14.2 Å². The summed E-state index contributed by atoms with van der Waals surface area (Å²) in [6.07, 6.45) is 91.8. The molecule has 0 fully saturated rings. The Labute approximate surface area is 503 Å². The van der Waals surface area contributed by atoms with Crippen LogP contribution in [0.2, 0.25) is 0 Å². The Balaban J connectivity index is 4.28. The van der Waals surface area contributed by atoms with E-state index in [9.17, 15) is 14.4 Å². The fourth-order valence-electron chi connectivity index (χ4n) is 10.0. The molecule has 0 aliphatic heterocycles. The zero-order valence-electron chi connectivity index (χ0n) is 53.8. The molecular formula is C75H132O6. The van der Waals surface area contributed by atoms with Gasteiger partial charge < -0.3 is 14.2 Å². The summed E-state index contributed by atoms with van der Waals surface area (Å²) in [5.74, 6) is -0.890. The van der Waals surface area contributed by atoms with Gasteiger partial charge in [-0.05, 0) is 122 Å². The van der Waals surface area contributed by atoms with E-state index in [0.29, 0.717) is 19.3 Å². The molecular weight excluding hydrogens is 997 g/mol. The van der Waals surface area contributed by atoms with Crippen LogP contribution in [0.15, 0.2) is 85.1 Å². The lowest BCUT2D eigenvalue weighted by molar-refractivity contribution is -0.167. The van der Waals surface area contributed by atoms with Gasteiger partial charge in [0.25, 0.3) is 0 Å². The van der Waals surface area contributed by atoms with E-state index < -0.39 is 6.10 Å². The molecule has 0 radical (unpaired) electrons. The highest BCUT2D eigenvalue weighted by molar-refractivity contribution is 5.71. The highest BCUT2D eigenvalue weighted by atomic mass is 16.6. The number of esters is 3. The summed E-state index contributed by atoms with van der Waals surface area (Å²) < 4.78 is 17.0. The van der Waals surface area contributed by atoms with Crippen molar-refractivity contribution in [2.45, 2.75) is 361 Å². The molecule has 0 aromatic carbocycles. The van der Waals surface area contributed by atoms with E-state index in [1.54, 1.807) is 0 Å². The Morgan fingerprint density at radius 2 is 0.444 bits per heavy atom. The molecule has 0 saturated carbocycles. The molecule has 6 nitrogen and oxygen atoms in total. The lowest BCUT2D eigenvalue weighted by Crippen LogP contribution is -2.30. The van der Waals surface area contributed by atoms with Crippen LogP contribution in [0.1, 0.15) is 355 Å². The molecule has 0 aromatic heterocycles. The molecule has 0 N–H and O–H groups in total. The van der Waals surface area contributed by atoms with Gasteiger partial charge in [-0.3, -0.25) is 14.4 Å². The number of unbranched alkanes of at least 4 members (excludes halogenated alkanes) is 39. The molecule has 6 heteroatoms. The summed E-state index contributed by atoms with van der Waals surface area (Å²) in [6, 6.07) is 0. The molecule has 0 bridgehead atoms. The third-order valence-electron chi connectivity index (χ3n) is 15.3. The molecule has 0 amide bonds. The van der Waals surface area contributed by atoms with Crippen LogP contribution in [0.3, 0.4) is 0 Å². The average Bonchev–Trinajstić information content (AvgIpc) is 3.46. The van der Waals surface area contributed by atoms with Crippen molar-refractivity contribution in [3.8, 4) is 0 Å². The lowest BCUT2D eigenvalue weighted by Gasteiger charge is -2.18. The summed E-state index contributed by atoms with van der Waals surface area (Å²) in [5, 5.41) is 0. The maximum atomic E-state index is 12.9. The van der Waals surface area contributed by atoms with Crippen LogP contribution in [-0.2, 0) is 28.6 Å². The number of carbonyl (C=O) groups excluding carboxylic acids is 3. The Kier molecular flexibility index (Phi) is 66.2. The number of allylic oxidation sites excluding steroid dienone is 14. The Bertz CT molecular complexity index is 1530. The van der Waals surface area contributed by atoms with E-state index in [1.807, 2.05) is 0 Å². The van der Waals surface area contributed by atoms with Crippen LogP contribution < -0.4 is 0 Å². The highest BCUT2D eigenvalue weighted by Gasteiger charge is 2.19. The minimum atomic E-state index is -0.789. The lowest BCUT2D eigenvalue weighted by atomic mass is 10.0. The first kappa shape index (κ1) is 77.6. The Hall–Kier alpha value is -3.41. The third kappa shape index (κ3) is 67.3. The fraction of sp³-hybridized carbons (Fsp3) is 0.773. The van der Waals surface area contributed by atoms with Gasteiger partial charge >= 0.3 is 17.9 Å². The standard InChI is InChI=1S/C75H132O6/c1-4-7-10-13-16-19-22-25-27-29-31-33-34-35-36-37-38-39-40-42-43-45-47-50-53-56-59-62-65-68-74(77)80-71-72(70-79-73(76)67-64-61-58-55-52-49-24-21-18-15-12-9-6-3)81-75(78)69-66-63-60-57-54-51-48-46-44-41-32-30-28-26-23-20-17-14-11-8-5-2/h21-26,29-32,34-35,44,46,72H,4-20,27-28,33,36-43,45,47-71H2,1-3H3/b24-21-,25-22-,26-23-,31-29-,32-30-,35-34-,46-44-. The molecule has 0 spiro atoms. The van der Waals surface area contributed by atoms with E-state index in [1.165, 1.54) is 212 Å². The highest BCUT2D eigenvalue weighted by Crippen LogP contribution is 2.17. The summed E-state index contributed by atoms with van der Waals surface area (Å²) in [4.78, 5) is 38.4. The Morgan fingerprint density at radius 1 is 0.247 bits per heavy atom. The number of hydrogen-bond acceptors (Lipinski definition) is 6. The quantitative estimate of drug-likeness (QED) is 0.0261. The molecule has 0 rings (SSSR count). The zero-order chi connectivity index (χ0) is 58.5. The van der Waals surface area contributed by atoms with Gasteiger partial charge in [0, 0.05) is 19.3 Å². The zero-order valence-corrected chi connectivity index (χ0v) is 53.8. The maximum absolute atomic E-state index is 12.9. The van der Waals surface area contributed by atoms with E-state index in [2.05, 4.69) is 106 Å². The molecule has 1 unspecified atom stereocenters. The number of ether oxygens (including phenoxy) is 3. The number of carbonyl (C=O) groups is 3. The van der Waals surface area contributed by atoms with Gasteiger partial charge in [-0.15, -0.1) is 0 Å². The van der Waals surface area contributed by atoms with Crippen molar-refractivity contribution in [1.82, 2.24) is 0 Å². The molecule has 1 atom stereocenters. The summed E-state index contributed by atoms with van der Waals surface area (Å²) in [5.41, 5.74) is 0. The van der Waals surface area contributed by atoms with E-state index in [-0.39, 0.29) is 31.1 Å². The smallest absolute Gasteiger partial charge is 0.306 e. The maximum Gasteiger partial charge on any atom is 0.306 e. The van der Waals surface area contributed by atoms with Crippen LogP contribution in [0.5, 0.6) is 0 Å². The van der Waals surface area contributed by atoms with Gasteiger partial charge in [-0.25, -0.2) is 0 Å². The Morgan fingerprint density at radius 3 is 0.716 bits per heavy atom. The molecule has 0 saturated heterocycles. The van der Waals surface area contributed by atoms with Crippen LogP contribution in [0.25, 0.3) is 0 Å². The second kappa shape index (κ2) is 69.1. The van der Waals surface area contributed by atoms with Crippen LogP contribution >= 0.6 is 0 Å². The second-order valence-electron chi connectivity index (χ2n) is 23.4. The first-order valence-electron chi connectivity index (χ1n) is 35.1. The first-order valence-corrected chi connectivity index (χ1v) is 35.1. The molecule has 0 aliphatic carbocycles. The van der Waals surface area contributed by atoms with Crippen molar-refractivity contribution in [2.75, 3.05) is 13.2 Å². The number of rotatable bonds is 64. The predicted molar refractivity (Wildman–Crippen MR) is 353 cm³/mol. The number of hydrogen-bond donors (Lipinski definition) is 0. The predicted octanol–water partition coefficient (Wildman–Crippen LogP) is 24.2. The van der Waals surface area contributed by atoms with Crippen LogP contribution in [0, 0.1) is 0 Å². The van der Waals surface area contributed by atoms with Gasteiger partial charge in [0.1, 0.15) is 13.2 Å². The van der Waals surface area contributed by atoms with Gasteiger partial charge in [0.2, 0.25) is 0 Å². The van der Waals surface area contributed by atoms with Crippen LogP contribution in [-0.4, -0.2) is 37.2 Å². The van der Waals surface area contributed by atoms with Gasteiger partial charge in [0.05, 0.1) is 0 Å². The third-order valence-corrected chi connectivity index (χ3v) is 15.3. The summed E-state index contributed by atoms with van der Waals surface area (Å²) in [6.45, 7) is 6.62.